The summed E-state index contributed by atoms with van der Waals surface area (Å²) in [7, 11) is 0. The van der Waals surface area contributed by atoms with Crippen molar-refractivity contribution >= 4 is 11.9 Å². The first-order valence-corrected chi connectivity index (χ1v) is 7.74. The van der Waals surface area contributed by atoms with Gasteiger partial charge in [-0.3, -0.25) is 4.79 Å². The number of aliphatic carboxylic acids is 1. The molecule has 21 heavy (non-hydrogen) atoms. The minimum Gasteiger partial charge on any atom is -0.481 e. The van der Waals surface area contributed by atoms with E-state index >= 15 is 0 Å². The first-order valence-electron chi connectivity index (χ1n) is 7.74. The van der Waals surface area contributed by atoms with E-state index in [1.54, 1.807) is 0 Å². The first-order chi connectivity index (χ1) is 9.63. The highest BCUT2D eigenvalue weighted by Gasteiger charge is 2.34. The Morgan fingerprint density at radius 2 is 1.81 bits per heavy atom. The molecule has 0 spiro atoms. The van der Waals surface area contributed by atoms with Gasteiger partial charge in [-0.1, -0.05) is 54.0 Å². The average Bonchev–Trinajstić information content (AvgIpc) is 2.35. The second kappa shape index (κ2) is 8.85. The zero-order valence-electron chi connectivity index (χ0n) is 14.1. The molecular formula is C17H30O4. The van der Waals surface area contributed by atoms with Crippen molar-refractivity contribution in [3.63, 3.8) is 0 Å². The van der Waals surface area contributed by atoms with E-state index < -0.39 is 11.9 Å². The van der Waals surface area contributed by atoms with Gasteiger partial charge in [0, 0.05) is 5.57 Å². The molecule has 0 radical (unpaired) electrons. The number of carboxylic acid groups (broad SMARTS) is 1. The number of ether oxygens (including phenoxy) is 1. The lowest BCUT2D eigenvalue weighted by Gasteiger charge is -2.36. The van der Waals surface area contributed by atoms with Crippen LogP contribution < -0.4 is 0 Å². The molecule has 0 aromatic carbocycles. The number of esters is 1. The third-order valence-corrected chi connectivity index (χ3v) is 3.62. The van der Waals surface area contributed by atoms with Gasteiger partial charge < -0.3 is 9.84 Å². The van der Waals surface area contributed by atoms with Gasteiger partial charge >= 0.3 is 11.9 Å². The Kier molecular flexibility index (Phi) is 8.30. The summed E-state index contributed by atoms with van der Waals surface area (Å²) >= 11 is 0. The van der Waals surface area contributed by atoms with E-state index in [2.05, 4.69) is 20.4 Å². The van der Waals surface area contributed by atoms with E-state index in [4.69, 9.17) is 9.84 Å². The summed E-state index contributed by atoms with van der Waals surface area (Å²) < 4.78 is 5.63. The lowest BCUT2D eigenvalue weighted by atomic mass is 9.78. The maximum absolute atomic E-state index is 12.0. The SMILES string of the molecule is C=C(CC(=O)O)C(=O)OC(C(CC)CCCC)C(C)(C)C. The second-order valence-corrected chi connectivity index (χ2v) is 6.68. The van der Waals surface area contributed by atoms with Gasteiger partial charge in [-0.15, -0.1) is 0 Å². The molecule has 0 aromatic rings. The predicted molar refractivity (Wildman–Crippen MR) is 84.0 cm³/mol. The minimum atomic E-state index is -1.07. The van der Waals surface area contributed by atoms with Crippen molar-refractivity contribution in [1.82, 2.24) is 0 Å². The summed E-state index contributed by atoms with van der Waals surface area (Å²) in [5.41, 5.74) is -0.185. The molecule has 4 heteroatoms. The predicted octanol–water partition coefficient (Wildman–Crippen LogP) is 4.19. The van der Waals surface area contributed by atoms with Crippen molar-refractivity contribution in [2.24, 2.45) is 11.3 Å². The molecule has 0 aliphatic rings. The molecule has 0 saturated carbocycles. The van der Waals surface area contributed by atoms with Crippen LogP contribution in [0.1, 0.15) is 66.7 Å². The largest absolute Gasteiger partial charge is 0.481 e. The molecule has 2 unspecified atom stereocenters. The summed E-state index contributed by atoms with van der Waals surface area (Å²) in [5.74, 6) is -1.37. The first kappa shape index (κ1) is 19.7. The molecule has 1 N–H and O–H groups in total. The molecule has 0 rings (SSSR count). The van der Waals surface area contributed by atoms with Crippen LogP contribution in [0.15, 0.2) is 12.2 Å². The Hall–Kier alpha value is -1.32. The lowest BCUT2D eigenvalue weighted by molar-refractivity contribution is -0.156. The molecule has 2 atom stereocenters. The molecule has 0 saturated heterocycles. The van der Waals surface area contributed by atoms with E-state index in [1.807, 2.05) is 20.8 Å². The Morgan fingerprint density at radius 3 is 2.19 bits per heavy atom. The summed E-state index contributed by atoms with van der Waals surface area (Å²) in [4.78, 5) is 22.7. The topological polar surface area (TPSA) is 63.6 Å². The van der Waals surface area contributed by atoms with Crippen LogP contribution >= 0.6 is 0 Å². The van der Waals surface area contributed by atoms with Crippen LogP contribution in [-0.4, -0.2) is 23.1 Å². The standard InChI is InChI=1S/C17H30O4/c1-7-9-10-13(8-2)15(17(4,5)6)21-16(20)12(3)11-14(18)19/h13,15H,3,7-11H2,1-2,4-6H3,(H,18,19). The summed E-state index contributed by atoms with van der Waals surface area (Å²) in [6, 6.07) is 0. The van der Waals surface area contributed by atoms with Crippen LogP contribution in [0.3, 0.4) is 0 Å². The van der Waals surface area contributed by atoms with Gasteiger partial charge in [-0.2, -0.15) is 0 Å². The minimum absolute atomic E-state index is 0.00194. The third kappa shape index (κ3) is 7.30. The van der Waals surface area contributed by atoms with Crippen molar-refractivity contribution in [2.75, 3.05) is 0 Å². The maximum Gasteiger partial charge on any atom is 0.334 e. The molecule has 0 bridgehead atoms. The highest BCUT2D eigenvalue weighted by atomic mass is 16.5. The van der Waals surface area contributed by atoms with Crippen molar-refractivity contribution in [1.29, 1.82) is 0 Å². The van der Waals surface area contributed by atoms with Crippen LogP contribution in [0.5, 0.6) is 0 Å². The van der Waals surface area contributed by atoms with E-state index in [0.717, 1.165) is 25.7 Å². The summed E-state index contributed by atoms with van der Waals surface area (Å²) in [6.07, 6.45) is 3.54. The van der Waals surface area contributed by atoms with Crippen LogP contribution in [0.4, 0.5) is 0 Å². The molecule has 4 nitrogen and oxygen atoms in total. The molecule has 0 aliphatic heterocycles. The fraction of sp³-hybridized carbons (Fsp3) is 0.765. The molecule has 122 valence electrons. The van der Waals surface area contributed by atoms with Crippen molar-refractivity contribution < 1.29 is 19.4 Å². The fourth-order valence-corrected chi connectivity index (χ4v) is 2.47. The monoisotopic (exact) mass is 298 g/mol. The highest BCUT2D eigenvalue weighted by molar-refractivity contribution is 5.92. The normalized spacial score (nSPS) is 14.3. The van der Waals surface area contributed by atoms with E-state index in [0.29, 0.717) is 0 Å². The van der Waals surface area contributed by atoms with Crippen LogP contribution in [0.25, 0.3) is 0 Å². The number of carbonyl (C=O) groups is 2. The lowest BCUT2D eigenvalue weighted by Crippen LogP contribution is -2.38. The van der Waals surface area contributed by atoms with Crippen LogP contribution in [0.2, 0.25) is 0 Å². The van der Waals surface area contributed by atoms with Crippen LogP contribution in [0, 0.1) is 11.3 Å². The summed E-state index contributed by atoms with van der Waals surface area (Å²) in [6.45, 7) is 13.9. The Morgan fingerprint density at radius 1 is 1.24 bits per heavy atom. The van der Waals surface area contributed by atoms with E-state index in [9.17, 15) is 9.59 Å². The Balaban J connectivity index is 4.96. The van der Waals surface area contributed by atoms with Gasteiger partial charge in [0.25, 0.3) is 0 Å². The smallest absolute Gasteiger partial charge is 0.334 e. The number of hydrogen-bond donors (Lipinski definition) is 1. The third-order valence-electron chi connectivity index (χ3n) is 3.62. The average molecular weight is 298 g/mol. The zero-order valence-corrected chi connectivity index (χ0v) is 14.1. The molecule has 0 fully saturated rings. The Labute approximate surface area is 128 Å². The van der Waals surface area contributed by atoms with E-state index in [-0.39, 0.29) is 29.4 Å². The van der Waals surface area contributed by atoms with Crippen molar-refractivity contribution in [3.8, 4) is 0 Å². The molecular weight excluding hydrogens is 268 g/mol. The van der Waals surface area contributed by atoms with Gasteiger partial charge in [0.2, 0.25) is 0 Å². The van der Waals surface area contributed by atoms with Crippen molar-refractivity contribution in [2.45, 2.75) is 72.8 Å². The van der Waals surface area contributed by atoms with E-state index in [1.165, 1.54) is 0 Å². The number of rotatable bonds is 9. The molecule has 0 aliphatic carbocycles. The molecule has 0 heterocycles. The highest BCUT2D eigenvalue weighted by Crippen LogP contribution is 2.33. The zero-order chi connectivity index (χ0) is 16.6. The van der Waals surface area contributed by atoms with Gasteiger partial charge in [0.15, 0.2) is 0 Å². The van der Waals surface area contributed by atoms with Gasteiger partial charge in [-0.05, 0) is 24.2 Å². The fourth-order valence-electron chi connectivity index (χ4n) is 2.47. The van der Waals surface area contributed by atoms with Gasteiger partial charge in [-0.25, -0.2) is 4.79 Å². The summed E-state index contributed by atoms with van der Waals surface area (Å²) in [5, 5.41) is 8.73. The number of carboxylic acids is 1. The number of hydrogen-bond acceptors (Lipinski definition) is 3. The van der Waals surface area contributed by atoms with Gasteiger partial charge in [0.05, 0.1) is 6.42 Å². The molecule has 0 aromatic heterocycles. The number of unbranched alkanes of at least 4 members (excludes halogenated alkanes) is 1. The second-order valence-electron chi connectivity index (χ2n) is 6.68. The quantitative estimate of drug-likeness (QED) is 0.512. The molecule has 0 amide bonds. The maximum atomic E-state index is 12.0. The Bertz CT molecular complexity index is 365. The van der Waals surface area contributed by atoms with Crippen LogP contribution in [-0.2, 0) is 14.3 Å². The van der Waals surface area contributed by atoms with Crippen molar-refractivity contribution in [3.05, 3.63) is 12.2 Å². The number of carbonyl (C=O) groups excluding carboxylic acids is 1. The van der Waals surface area contributed by atoms with Gasteiger partial charge in [0.1, 0.15) is 6.10 Å².